The van der Waals surface area contributed by atoms with E-state index < -0.39 is 0 Å². The largest absolute Gasteiger partial charge is 0.456 e. The maximum atomic E-state index is 6.57. The molecule has 11 aromatic rings. The molecule has 0 amide bonds. The molecule has 1 aliphatic heterocycles. The van der Waals surface area contributed by atoms with Crippen LogP contribution in [0.3, 0.4) is 0 Å². The SMILES string of the molecule is CC(C)(C)c1ccc(Nc2cc3c(cc2-c2ccc4c5cc6c(cc5n5c4c2[B]c2cc4oc7ccccc7c4cc2-5)C(C)(C)c2ccccc2-6)sc2cc(C(C)(C)C)ccc23)cc1. The highest BCUT2D eigenvalue weighted by Crippen LogP contribution is 2.52. The first-order valence-corrected chi connectivity index (χ1v) is 23.5. The second-order valence-corrected chi connectivity index (χ2v) is 22.0. The minimum atomic E-state index is -0.127. The first-order chi connectivity index (χ1) is 30.7. The molecule has 3 nitrogen and oxygen atoms in total. The molecule has 0 bridgehead atoms. The van der Waals surface area contributed by atoms with E-state index in [0.717, 1.165) is 38.8 Å². The lowest BCUT2D eigenvalue weighted by Gasteiger charge is -2.25. The van der Waals surface area contributed by atoms with Gasteiger partial charge in [-0.15, -0.1) is 11.3 Å². The summed E-state index contributed by atoms with van der Waals surface area (Å²) < 4.78 is 11.8. The van der Waals surface area contributed by atoms with Crippen molar-refractivity contribution in [3.63, 3.8) is 0 Å². The third-order valence-electron chi connectivity index (χ3n) is 14.5. The van der Waals surface area contributed by atoms with E-state index in [2.05, 4.69) is 212 Å². The number of para-hydroxylation sites is 1. The summed E-state index contributed by atoms with van der Waals surface area (Å²) in [6.07, 6.45) is 0. The Morgan fingerprint density at radius 1 is 0.547 bits per heavy atom. The average Bonchev–Trinajstić information content (AvgIpc) is 3.98. The number of thiophene rings is 1. The number of furan rings is 1. The first-order valence-electron chi connectivity index (χ1n) is 22.7. The average molecular weight is 844 g/mol. The highest BCUT2D eigenvalue weighted by atomic mass is 32.1. The van der Waals surface area contributed by atoms with Crippen molar-refractivity contribution in [3.8, 4) is 27.9 Å². The van der Waals surface area contributed by atoms with Gasteiger partial charge in [0.05, 0.1) is 5.52 Å². The second-order valence-electron chi connectivity index (χ2n) is 20.9. The summed E-state index contributed by atoms with van der Waals surface area (Å²) in [4.78, 5) is 0. The van der Waals surface area contributed by atoms with Gasteiger partial charge in [0.1, 0.15) is 11.2 Å². The van der Waals surface area contributed by atoms with Gasteiger partial charge in [0.15, 0.2) is 7.28 Å². The molecule has 64 heavy (non-hydrogen) atoms. The van der Waals surface area contributed by atoms with Gasteiger partial charge < -0.3 is 14.3 Å². The van der Waals surface area contributed by atoms with E-state index in [1.54, 1.807) is 0 Å². The molecule has 1 N–H and O–H groups in total. The number of aromatic nitrogens is 1. The molecule has 4 heterocycles. The second kappa shape index (κ2) is 12.8. The van der Waals surface area contributed by atoms with E-state index in [-0.39, 0.29) is 16.2 Å². The fourth-order valence-corrected chi connectivity index (χ4v) is 12.2. The molecule has 309 valence electrons. The van der Waals surface area contributed by atoms with Crippen LogP contribution in [0.15, 0.2) is 144 Å². The van der Waals surface area contributed by atoms with Crippen LogP contribution in [0.2, 0.25) is 0 Å². The van der Waals surface area contributed by atoms with Crippen LogP contribution in [0.1, 0.15) is 77.6 Å². The summed E-state index contributed by atoms with van der Waals surface area (Å²) in [6, 6.07) is 52.8. The molecule has 0 unspecified atom stereocenters. The van der Waals surface area contributed by atoms with E-state index in [9.17, 15) is 0 Å². The molecule has 8 aromatic carbocycles. The predicted octanol–water partition coefficient (Wildman–Crippen LogP) is 15.3. The van der Waals surface area contributed by atoms with Crippen molar-refractivity contribution in [2.24, 2.45) is 0 Å². The van der Waals surface area contributed by atoms with Crippen LogP contribution >= 0.6 is 11.3 Å². The molecule has 0 atom stereocenters. The molecule has 5 heteroatoms. The quantitative estimate of drug-likeness (QED) is 0.180. The molecular weight excluding hydrogens is 796 g/mol. The molecule has 0 spiro atoms. The minimum absolute atomic E-state index is 0.0668. The van der Waals surface area contributed by atoms with Crippen molar-refractivity contribution >= 4 is 105 Å². The molecule has 0 fully saturated rings. The summed E-state index contributed by atoms with van der Waals surface area (Å²) in [6.45, 7) is 18.5. The summed E-state index contributed by atoms with van der Waals surface area (Å²) in [5.74, 6) is 0. The Labute approximate surface area is 378 Å². The number of fused-ring (bicyclic) bond motifs is 14. The summed E-state index contributed by atoms with van der Waals surface area (Å²) in [7, 11) is 2.43. The Hall–Kier alpha value is -6.56. The molecular formula is C59H48BN2OS. The van der Waals surface area contributed by atoms with Crippen LogP contribution in [0.5, 0.6) is 0 Å². The summed E-state index contributed by atoms with van der Waals surface area (Å²) in [5, 5.41) is 11.4. The lowest BCUT2D eigenvalue weighted by Crippen LogP contribution is -2.37. The van der Waals surface area contributed by atoms with Crippen molar-refractivity contribution in [2.75, 3.05) is 5.32 Å². The number of hydrogen-bond donors (Lipinski definition) is 1. The van der Waals surface area contributed by atoms with Gasteiger partial charge in [-0.1, -0.05) is 140 Å². The zero-order valence-corrected chi connectivity index (χ0v) is 38.4. The molecule has 0 saturated carbocycles. The standard InChI is InChI=1S/C59H48BN2OS/c1-57(2,3)32-17-20-34(21-18-32)61-48-27-44-37-22-19-33(58(4,5)6)25-53(37)64-54(44)29-41(48)38-23-24-39-42-26-40-35-13-9-11-15-45(35)59(7,8)46(40)30-49(42)62-50-28-43-36-14-10-12-16-51(36)63-52(43)31-47(50)60-55(38)56(39)62/h9-31,61H,1-8H3. The van der Waals surface area contributed by atoms with Gasteiger partial charge in [0.25, 0.3) is 0 Å². The van der Waals surface area contributed by atoms with Crippen molar-refractivity contribution in [1.82, 2.24) is 4.57 Å². The zero-order chi connectivity index (χ0) is 43.6. The molecule has 1 radical (unpaired) electrons. The van der Waals surface area contributed by atoms with Crippen LogP contribution in [-0.4, -0.2) is 11.8 Å². The topological polar surface area (TPSA) is 30.1 Å². The van der Waals surface area contributed by atoms with Gasteiger partial charge >= 0.3 is 0 Å². The number of benzene rings is 8. The zero-order valence-electron chi connectivity index (χ0n) is 37.6. The predicted molar refractivity (Wildman–Crippen MR) is 276 cm³/mol. The normalized spacial score (nSPS) is 14.2. The highest BCUT2D eigenvalue weighted by molar-refractivity contribution is 7.25. The Morgan fingerprint density at radius 2 is 1.28 bits per heavy atom. The number of rotatable bonds is 3. The number of nitrogens with one attached hydrogen (secondary N) is 1. The maximum absolute atomic E-state index is 6.57. The minimum Gasteiger partial charge on any atom is -0.456 e. The smallest absolute Gasteiger partial charge is 0.198 e. The van der Waals surface area contributed by atoms with Crippen molar-refractivity contribution in [2.45, 2.75) is 71.6 Å². The maximum Gasteiger partial charge on any atom is 0.198 e. The fraction of sp³-hybridized carbons (Fsp3) is 0.186. The number of nitrogens with zero attached hydrogens (tertiary/aromatic N) is 1. The third kappa shape index (κ3) is 5.34. The first kappa shape index (κ1) is 38.0. The summed E-state index contributed by atoms with van der Waals surface area (Å²) >= 11 is 1.90. The van der Waals surface area contributed by atoms with Crippen molar-refractivity contribution in [3.05, 3.63) is 162 Å². The van der Waals surface area contributed by atoms with Gasteiger partial charge in [-0.3, -0.25) is 0 Å². The Balaban J connectivity index is 1.10. The van der Waals surface area contributed by atoms with Crippen LogP contribution in [-0.2, 0) is 16.2 Å². The molecule has 0 saturated heterocycles. The molecule has 2 aliphatic rings. The van der Waals surface area contributed by atoms with E-state index >= 15 is 0 Å². The molecule has 3 aromatic heterocycles. The number of hydrogen-bond acceptors (Lipinski definition) is 3. The molecule has 1 aliphatic carbocycles. The lowest BCUT2D eigenvalue weighted by molar-refractivity contribution is 0.590. The van der Waals surface area contributed by atoms with Crippen LogP contribution < -0.4 is 16.2 Å². The van der Waals surface area contributed by atoms with Crippen LogP contribution in [0.25, 0.3) is 91.9 Å². The highest BCUT2D eigenvalue weighted by Gasteiger charge is 2.37. The Kier molecular flexibility index (Phi) is 7.59. The van der Waals surface area contributed by atoms with Gasteiger partial charge in [0.2, 0.25) is 0 Å². The fourth-order valence-electron chi connectivity index (χ4n) is 11.0. The van der Waals surface area contributed by atoms with Gasteiger partial charge in [-0.05, 0) is 116 Å². The van der Waals surface area contributed by atoms with Crippen molar-refractivity contribution in [1.29, 1.82) is 0 Å². The Morgan fingerprint density at radius 3 is 2.09 bits per heavy atom. The van der Waals surface area contributed by atoms with E-state index in [0.29, 0.717) is 0 Å². The number of anilines is 2. The van der Waals surface area contributed by atoms with Crippen LogP contribution in [0, 0.1) is 0 Å². The van der Waals surface area contributed by atoms with Gasteiger partial charge in [-0.25, -0.2) is 0 Å². The van der Waals surface area contributed by atoms with E-state index in [4.69, 9.17) is 4.42 Å². The summed E-state index contributed by atoms with van der Waals surface area (Å²) in [5.41, 5.74) is 20.6. The van der Waals surface area contributed by atoms with Gasteiger partial charge in [0, 0.05) is 75.3 Å². The monoisotopic (exact) mass is 843 g/mol. The van der Waals surface area contributed by atoms with E-state index in [1.165, 1.54) is 97.6 Å². The van der Waals surface area contributed by atoms with Crippen molar-refractivity contribution < 1.29 is 4.42 Å². The molecule has 13 rings (SSSR count). The lowest BCUT2D eigenvalue weighted by atomic mass is 9.59. The van der Waals surface area contributed by atoms with Crippen LogP contribution in [0.4, 0.5) is 11.4 Å². The Bertz CT molecular complexity index is 3830. The van der Waals surface area contributed by atoms with Gasteiger partial charge in [-0.2, -0.15) is 0 Å². The third-order valence-corrected chi connectivity index (χ3v) is 15.7. The van der Waals surface area contributed by atoms with E-state index in [1.807, 2.05) is 11.3 Å².